The number of hydrogen-bond donors (Lipinski definition) is 0. The number of aromatic nitrogens is 1. The maximum atomic E-state index is 6.04. The highest BCUT2D eigenvalue weighted by Gasteiger charge is 2.16. The average molecular weight is 389 g/mol. The van der Waals surface area contributed by atoms with E-state index in [9.17, 15) is 0 Å². The van der Waals surface area contributed by atoms with Gasteiger partial charge in [-0.05, 0) is 53.2 Å². The molecular weight excluding hydrogens is 374 g/mol. The molecule has 4 aromatic carbocycles. The molecule has 7 rings (SSSR count). The minimum absolute atomic E-state index is 0.927. The summed E-state index contributed by atoms with van der Waals surface area (Å²) in [5, 5.41) is 8.44. The summed E-state index contributed by atoms with van der Waals surface area (Å²) in [4.78, 5) is 0. The van der Waals surface area contributed by atoms with Crippen molar-refractivity contribution in [2.24, 2.45) is 0 Å². The average Bonchev–Trinajstić information content (AvgIpc) is 3.46. The first-order chi connectivity index (χ1) is 14.4. The highest BCUT2D eigenvalue weighted by atomic mass is 32.1. The summed E-state index contributed by atoms with van der Waals surface area (Å²) in [5.74, 6) is 0. The van der Waals surface area contributed by atoms with Crippen molar-refractivity contribution >= 4 is 65.2 Å². The van der Waals surface area contributed by atoms with Gasteiger partial charge in [0.2, 0.25) is 0 Å². The van der Waals surface area contributed by atoms with Crippen LogP contribution in [0.15, 0.2) is 94.7 Å². The van der Waals surface area contributed by atoms with Gasteiger partial charge in [-0.25, -0.2) is 0 Å². The van der Waals surface area contributed by atoms with Crippen LogP contribution in [-0.2, 0) is 0 Å². The predicted molar refractivity (Wildman–Crippen MR) is 123 cm³/mol. The first kappa shape index (κ1) is 15.4. The lowest BCUT2D eigenvalue weighted by molar-refractivity contribution is 0.669. The molecule has 0 atom stereocenters. The number of furan rings is 1. The highest BCUT2D eigenvalue weighted by molar-refractivity contribution is 7.18. The fourth-order valence-electron chi connectivity index (χ4n) is 4.61. The molecule has 0 bridgehead atoms. The fraction of sp³-hybridized carbons (Fsp3) is 0. The smallest absolute Gasteiger partial charge is 0.135 e. The van der Waals surface area contributed by atoms with Crippen LogP contribution in [0.1, 0.15) is 0 Å². The van der Waals surface area contributed by atoms with Crippen molar-refractivity contribution in [3.05, 3.63) is 90.3 Å². The molecule has 0 N–H and O–H groups in total. The normalized spacial score (nSPS) is 12.1. The van der Waals surface area contributed by atoms with Crippen LogP contribution in [0, 0.1) is 0 Å². The number of thiophene rings is 1. The Balaban J connectivity index is 1.65. The van der Waals surface area contributed by atoms with E-state index in [1.807, 2.05) is 23.5 Å². The number of rotatable bonds is 1. The summed E-state index contributed by atoms with van der Waals surface area (Å²) in [5.41, 5.74) is 5.49. The zero-order valence-electron chi connectivity index (χ0n) is 15.4. The molecule has 0 saturated heterocycles. The van der Waals surface area contributed by atoms with Gasteiger partial charge in [-0.3, -0.25) is 0 Å². The minimum atomic E-state index is 0.927. The lowest BCUT2D eigenvalue weighted by atomic mass is 10.1. The molecule has 0 amide bonds. The van der Waals surface area contributed by atoms with Crippen LogP contribution < -0.4 is 0 Å². The van der Waals surface area contributed by atoms with Crippen molar-refractivity contribution in [3.63, 3.8) is 0 Å². The SMILES string of the molecule is c1ccc2c(c1)oc1ccc(-n3c4ccccc4c4c5sccc5ccc43)cc12. The molecule has 3 heterocycles. The van der Waals surface area contributed by atoms with Gasteiger partial charge < -0.3 is 8.98 Å². The van der Waals surface area contributed by atoms with E-state index >= 15 is 0 Å². The lowest BCUT2D eigenvalue weighted by Gasteiger charge is -2.08. The summed E-state index contributed by atoms with van der Waals surface area (Å²) in [6.45, 7) is 0. The summed E-state index contributed by atoms with van der Waals surface area (Å²) in [6, 6.07) is 30.1. The van der Waals surface area contributed by atoms with Gasteiger partial charge in [0.05, 0.1) is 11.0 Å². The fourth-order valence-corrected chi connectivity index (χ4v) is 5.56. The van der Waals surface area contributed by atoms with Gasteiger partial charge in [0.15, 0.2) is 0 Å². The third kappa shape index (κ3) is 2.00. The van der Waals surface area contributed by atoms with Crippen molar-refractivity contribution in [1.82, 2.24) is 4.57 Å². The molecule has 7 aromatic rings. The quantitative estimate of drug-likeness (QED) is 0.279. The van der Waals surface area contributed by atoms with E-state index < -0.39 is 0 Å². The maximum Gasteiger partial charge on any atom is 0.135 e. The second-order valence-corrected chi connectivity index (χ2v) is 8.35. The van der Waals surface area contributed by atoms with Gasteiger partial charge in [0, 0.05) is 31.9 Å². The van der Waals surface area contributed by atoms with Crippen LogP contribution in [0.5, 0.6) is 0 Å². The number of para-hydroxylation sites is 2. The van der Waals surface area contributed by atoms with Gasteiger partial charge in [0.1, 0.15) is 11.2 Å². The van der Waals surface area contributed by atoms with E-state index in [-0.39, 0.29) is 0 Å². The van der Waals surface area contributed by atoms with Crippen molar-refractivity contribution in [2.75, 3.05) is 0 Å². The monoisotopic (exact) mass is 389 g/mol. The Morgan fingerprint density at radius 3 is 2.45 bits per heavy atom. The van der Waals surface area contributed by atoms with Crippen LogP contribution in [-0.4, -0.2) is 4.57 Å². The van der Waals surface area contributed by atoms with Gasteiger partial charge in [0.25, 0.3) is 0 Å². The van der Waals surface area contributed by atoms with Gasteiger partial charge in [-0.15, -0.1) is 11.3 Å². The summed E-state index contributed by atoms with van der Waals surface area (Å²) < 4.78 is 9.77. The molecule has 3 heteroatoms. The van der Waals surface area contributed by atoms with Crippen LogP contribution in [0.3, 0.4) is 0 Å². The third-order valence-corrected chi connectivity index (χ3v) is 6.82. The summed E-state index contributed by atoms with van der Waals surface area (Å²) >= 11 is 1.82. The van der Waals surface area contributed by atoms with E-state index in [0.29, 0.717) is 0 Å². The standard InChI is InChI=1S/C26H15NOS/c1-3-7-21-19(6-1)25-22(11-9-16-13-14-29-26(16)25)27(21)17-10-12-24-20(15-17)18-5-2-4-8-23(18)28-24/h1-15H. The molecule has 29 heavy (non-hydrogen) atoms. The minimum Gasteiger partial charge on any atom is -0.456 e. The molecule has 136 valence electrons. The first-order valence-electron chi connectivity index (χ1n) is 9.69. The van der Waals surface area contributed by atoms with E-state index in [1.54, 1.807) is 0 Å². The Morgan fingerprint density at radius 1 is 0.655 bits per heavy atom. The molecule has 0 saturated carbocycles. The largest absolute Gasteiger partial charge is 0.456 e. The van der Waals surface area contributed by atoms with Gasteiger partial charge in [-0.2, -0.15) is 0 Å². The molecule has 0 aliphatic heterocycles. The maximum absolute atomic E-state index is 6.04. The first-order valence-corrected chi connectivity index (χ1v) is 10.6. The highest BCUT2D eigenvalue weighted by Crippen LogP contribution is 2.39. The van der Waals surface area contributed by atoms with Crippen molar-refractivity contribution < 1.29 is 4.42 Å². The second kappa shape index (κ2) is 5.49. The Labute approximate surface area is 170 Å². The van der Waals surface area contributed by atoms with Gasteiger partial charge in [-0.1, -0.05) is 42.5 Å². The topological polar surface area (TPSA) is 18.1 Å². The van der Waals surface area contributed by atoms with E-state index in [2.05, 4.69) is 82.7 Å². The number of nitrogens with zero attached hydrogens (tertiary/aromatic N) is 1. The van der Waals surface area contributed by atoms with Crippen LogP contribution in [0.25, 0.3) is 59.5 Å². The Kier molecular flexibility index (Phi) is 2.91. The summed E-state index contributed by atoms with van der Waals surface area (Å²) in [6.07, 6.45) is 0. The van der Waals surface area contributed by atoms with Crippen molar-refractivity contribution in [1.29, 1.82) is 0 Å². The van der Waals surface area contributed by atoms with E-state index in [4.69, 9.17) is 4.42 Å². The molecule has 0 spiro atoms. The van der Waals surface area contributed by atoms with E-state index in [1.165, 1.54) is 31.9 Å². The number of benzene rings is 4. The third-order valence-electron chi connectivity index (χ3n) is 5.87. The molecule has 3 aromatic heterocycles. The predicted octanol–water partition coefficient (Wildman–Crippen LogP) is 7.90. The number of hydrogen-bond acceptors (Lipinski definition) is 2. The van der Waals surface area contributed by atoms with E-state index in [0.717, 1.165) is 27.6 Å². The molecule has 0 aliphatic carbocycles. The lowest BCUT2D eigenvalue weighted by Crippen LogP contribution is -1.93. The molecular formula is C26H15NOS. The van der Waals surface area contributed by atoms with Crippen LogP contribution in [0.4, 0.5) is 0 Å². The van der Waals surface area contributed by atoms with Crippen molar-refractivity contribution in [2.45, 2.75) is 0 Å². The Hall–Kier alpha value is -3.56. The molecule has 0 radical (unpaired) electrons. The number of fused-ring (bicyclic) bond motifs is 8. The van der Waals surface area contributed by atoms with Crippen LogP contribution >= 0.6 is 11.3 Å². The zero-order valence-corrected chi connectivity index (χ0v) is 16.2. The molecule has 0 unspecified atom stereocenters. The molecule has 0 aliphatic rings. The Morgan fingerprint density at radius 2 is 1.48 bits per heavy atom. The second-order valence-electron chi connectivity index (χ2n) is 7.43. The van der Waals surface area contributed by atoms with Gasteiger partial charge >= 0.3 is 0 Å². The van der Waals surface area contributed by atoms with Crippen LogP contribution in [0.2, 0.25) is 0 Å². The zero-order chi connectivity index (χ0) is 18.9. The Bertz CT molecular complexity index is 1710. The molecule has 2 nitrogen and oxygen atoms in total. The summed E-state index contributed by atoms with van der Waals surface area (Å²) in [7, 11) is 0. The molecule has 0 fully saturated rings. The van der Waals surface area contributed by atoms with Crippen molar-refractivity contribution in [3.8, 4) is 5.69 Å².